The van der Waals surface area contributed by atoms with Crippen molar-refractivity contribution >= 4 is 11.6 Å². The number of nitrogens with zero attached hydrogens (tertiary/aromatic N) is 2. The summed E-state index contributed by atoms with van der Waals surface area (Å²) in [6.07, 6.45) is 1.45. The first kappa shape index (κ1) is 10.9. The lowest BCUT2D eigenvalue weighted by molar-refractivity contribution is -0.117. The zero-order valence-electron chi connectivity index (χ0n) is 9.90. The van der Waals surface area contributed by atoms with Gasteiger partial charge >= 0.3 is 0 Å². The maximum absolute atomic E-state index is 11.9. The van der Waals surface area contributed by atoms with E-state index in [1.807, 2.05) is 25.1 Å². The molecule has 18 heavy (non-hydrogen) atoms. The van der Waals surface area contributed by atoms with Gasteiger partial charge < -0.3 is 5.32 Å². The van der Waals surface area contributed by atoms with Gasteiger partial charge in [-0.1, -0.05) is 17.7 Å². The van der Waals surface area contributed by atoms with Crippen LogP contribution in [0.3, 0.4) is 0 Å². The largest absolute Gasteiger partial charge is 0.324 e. The van der Waals surface area contributed by atoms with E-state index in [-0.39, 0.29) is 11.9 Å². The summed E-state index contributed by atoms with van der Waals surface area (Å²) < 4.78 is 0. The summed E-state index contributed by atoms with van der Waals surface area (Å²) in [7, 11) is 0. The first-order valence-corrected chi connectivity index (χ1v) is 5.73. The SMILES string of the molecule is Cc1ccc2c(c1)C(NCc1ncn[nH]1)C(=O)N2. The lowest BCUT2D eigenvalue weighted by Crippen LogP contribution is -2.27. The lowest BCUT2D eigenvalue weighted by atomic mass is 10.1. The molecular weight excluding hydrogens is 230 g/mol. The molecule has 1 aromatic heterocycles. The Morgan fingerprint density at radius 2 is 2.33 bits per heavy atom. The Kier molecular flexibility index (Phi) is 2.56. The lowest BCUT2D eigenvalue weighted by Gasteiger charge is -2.10. The van der Waals surface area contributed by atoms with Crippen LogP contribution in [0.2, 0.25) is 0 Å². The van der Waals surface area contributed by atoms with Crippen LogP contribution >= 0.6 is 0 Å². The molecule has 0 aliphatic carbocycles. The molecule has 1 aliphatic heterocycles. The average Bonchev–Trinajstić information content (AvgIpc) is 2.94. The van der Waals surface area contributed by atoms with Crippen molar-refractivity contribution in [3.05, 3.63) is 41.5 Å². The summed E-state index contributed by atoms with van der Waals surface area (Å²) in [5, 5.41) is 12.6. The van der Waals surface area contributed by atoms with Crippen molar-refractivity contribution in [2.24, 2.45) is 0 Å². The molecule has 1 unspecified atom stereocenters. The second kappa shape index (κ2) is 4.23. The molecule has 1 amide bonds. The smallest absolute Gasteiger partial charge is 0.246 e. The fourth-order valence-corrected chi connectivity index (χ4v) is 2.10. The summed E-state index contributed by atoms with van der Waals surface area (Å²) in [5.74, 6) is 0.680. The first-order valence-electron chi connectivity index (χ1n) is 5.73. The van der Waals surface area contributed by atoms with Gasteiger partial charge in [0.1, 0.15) is 18.2 Å². The van der Waals surface area contributed by atoms with E-state index in [0.29, 0.717) is 12.4 Å². The number of aryl methyl sites for hydroxylation is 1. The van der Waals surface area contributed by atoms with E-state index >= 15 is 0 Å². The molecule has 0 radical (unpaired) electrons. The molecular formula is C12H13N5O. The van der Waals surface area contributed by atoms with E-state index in [4.69, 9.17) is 0 Å². The molecule has 92 valence electrons. The minimum Gasteiger partial charge on any atom is -0.324 e. The fourth-order valence-electron chi connectivity index (χ4n) is 2.10. The third-order valence-corrected chi connectivity index (χ3v) is 2.98. The topological polar surface area (TPSA) is 82.7 Å². The Morgan fingerprint density at radius 1 is 1.44 bits per heavy atom. The van der Waals surface area contributed by atoms with Crippen molar-refractivity contribution in [2.75, 3.05) is 5.32 Å². The Morgan fingerprint density at radius 3 is 3.11 bits per heavy atom. The quantitative estimate of drug-likeness (QED) is 0.747. The molecule has 0 saturated carbocycles. The molecule has 3 rings (SSSR count). The molecule has 2 heterocycles. The number of aromatic nitrogens is 3. The summed E-state index contributed by atoms with van der Waals surface area (Å²) in [6.45, 7) is 2.49. The molecule has 0 spiro atoms. The standard InChI is InChI=1S/C12H13N5O/c1-7-2-3-9-8(4-7)11(12(18)16-9)13-5-10-14-6-15-17-10/h2-4,6,11,13H,5H2,1H3,(H,16,18)(H,14,15,17). The van der Waals surface area contributed by atoms with Gasteiger partial charge in [0.2, 0.25) is 5.91 Å². The van der Waals surface area contributed by atoms with Crippen LogP contribution in [-0.4, -0.2) is 21.1 Å². The third kappa shape index (κ3) is 1.86. The molecule has 0 saturated heterocycles. The van der Waals surface area contributed by atoms with E-state index in [0.717, 1.165) is 16.8 Å². The van der Waals surface area contributed by atoms with Crippen molar-refractivity contribution in [3.63, 3.8) is 0 Å². The molecule has 1 aliphatic rings. The van der Waals surface area contributed by atoms with E-state index in [1.165, 1.54) is 6.33 Å². The van der Waals surface area contributed by atoms with Gasteiger partial charge in [0, 0.05) is 11.3 Å². The number of carbonyl (C=O) groups is 1. The number of hydrogen-bond acceptors (Lipinski definition) is 4. The van der Waals surface area contributed by atoms with Gasteiger partial charge in [0.25, 0.3) is 0 Å². The highest BCUT2D eigenvalue weighted by molar-refractivity contribution is 6.02. The highest BCUT2D eigenvalue weighted by Crippen LogP contribution is 2.31. The molecule has 0 bridgehead atoms. The number of fused-ring (bicyclic) bond motifs is 1. The summed E-state index contributed by atoms with van der Waals surface area (Å²) >= 11 is 0. The van der Waals surface area contributed by atoms with Gasteiger partial charge in [-0.25, -0.2) is 4.98 Å². The normalized spacial score (nSPS) is 17.6. The van der Waals surface area contributed by atoms with E-state index in [9.17, 15) is 4.79 Å². The molecule has 1 aromatic carbocycles. The number of hydrogen-bond donors (Lipinski definition) is 3. The average molecular weight is 243 g/mol. The summed E-state index contributed by atoms with van der Waals surface area (Å²) in [5.41, 5.74) is 3.00. The molecule has 1 atom stereocenters. The maximum Gasteiger partial charge on any atom is 0.246 e. The Balaban J connectivity index is 1.80. The third-order valence-electron chi connectivity index (χ3n) is 2.98. The van der Waals surface area contributed by atoms with Gasteiger partial charge in [-0.2, -0.15) is 5.10 Å². The number of nitrogens with one attached hydrogen (secondary N) is 3. The molecule has 0 fully saturated rings. The zero-order chi connectivity index (χ0) is 12.5. The Bertz CT molecular complexity index is 578. The minimum atomic E-state index is -0.329. The van der Waals surface area contributed by atoms with Crippen molar-refractivity contribution < 1.29 is 4.79 Å². The van der Waals surface area contributed by atoms with Crippen LogP contribution in [0.4, 0.5) is 5.69 Å². The van der Waals surface area contributed by atoms with Crippen LogP contribution in [0.1, 0.15) is 23.0 Å². The number of amides is 1. The number of carbonyl (C=O) groups excluding carboxylic acids is 1. The molecule has 2 aromatic rings. The number of anilines is 1. The number of H-pyrrole nitrogens is 1. The minimum absolute atomic E-state index is 0.0323. The van der Waals surface area contributed by atoms with Crippen molar-refractivity contribution in [3.8, 4) is 0 Å². The summed E-state index contributed by atoms with van der Waals surface area (Å²) in [6, 6.07) is 5.60. The maximum atomic E-state index is 11.9. The van der Waals surface area contributed by atoms with Crippen LogP contribution in [0.5, 0.6) is 0 Å². The van der Waals surface area contributed by atoms with Crippen molar-refractivity contribution in [1.29, 1.82) is 0 Å². The highest BCUT2D eigenvalue weighted by atomic mass is 16.2. The number of aromatic amines is 1. The predicted molar refractivity (Wildman–Crippen MR) is 65.8 cm³/mol. The van der Waals surface area contributed by atoms with Gasteiger partial charge in [0.05, 0.1) is 6.54 Å². The Labute approximate surface area is 104 Å². The van der Waals surface area contributed by atoms with Gasteiger partial charge in [-0.3, -0.25) is 15.2 Å². The molecule has 6 nitrogen and oxygen atoms in total. The monoisotopic (exact) mass is 243 g/mol. The van der Waals surface area contributed by atoms with Crippen molar-refractivity contribution in [1.82, 2.24) is 20.5 Å². The zero-order valence-corrected chi connectivity index (χ0v) is 9.90. The van der Waals surface area contributed by atoms with Gasteiger partial charge in [-0.05, 0) is 13.0 Å². The molecule has 3 N–H and O–H groups in total. The molecule has 6 heteroatoms. The second-order valence-corrected chi connectivity index (χ2v) is 4.33. The van der Waals surface area contributed by atoms with Crippen LogP contribution < -0.4 is 10.6 Å². The second-order valence-electron chi connectivity index (χ2n) is 4.33. The van der Waals surface area contributed by atoms with Crippen molar-refractivity contribution in [2.45, 2.75) is 19.5 Å². The Hall–Kier alpha value is -2.21. The summed E-state index contributed by atoms with van der Waals surface area (Å²) in [4.78, 5) is 15.9. The highest BCUT2D eigenvalue weighted by Gasteiger charge is 2.30. The van der Waals surface area contributed by atoms with E-state index in [1.54, 1.807) is 0 Å². The van der Waals surface area contributed by atoms with E-state index < -0.39 is 0 Å². The van der Waals surface area contributed by atoms with Crippen LogP contribution in [0.25, 0.3) is 0 Å². The number of benzene rings is 1. The first-order chi connectivity index (χ1) is 8.74. The van der Waals surface area contributed by atoms with Crippen LogP contribution in [0.15, 0.2) is 24.5 Å². The predicted octanol–water partition coefficient (Wildman–Crippen LogP) is 0.896. The fraction of sp³-hybridized carbons (Fsp3) is 0.250. The van der Waals surface area contributed by atoms with Crippen LogP contribution in [-0.2, 0) is 11.3 Å². The van der Waals surface area contributed by atoms with Gasteiger partial charge in [0.15, 0.2) is 0 Å². The van der Waals surface area contributed by atoms with Crippen LogP contribution in [0, 0.1) is 6.92 Å². The van der Waals surface area contributed by atoms with E-state index in [2.05, 4.69) is 25.8 Å². The number of rotatable bonds is 3. The van der Waals surface area contributed by atoms with Gasteiger partial charge in [-0.15, -0.1) is 0 Å².